The van der Waals surface area contributed by atoms with Crippen molar-refractivity contribution in [3.05, 3.63) is 145 Å². The molecule has 10 aromatic rings. The lowest BCUT2D eigenvalue weighted by atomic mass is 9.95. The van der Waals surface area contributed by atoms with Crippen molar-refractivity contribution in [3.63, 3.8) is 0 Å². The van der Waals surface area contributed by atoms with E-state index in [0.29, 0.717) is 0 Å². The molecule has 3 heterocycles. The Kier molecular flexibility index (Phi) is 5.17. The number of nitrogens with zero attached hydrogens (tertiary/aromatic N) is 2. The van der Waals surface area contributed by atoms with Crippen LogP contribution in [0, 0.1) is 6.92 Å². The minimum Gasteiger partial charge on any atom is -0.455 e. The van der Waals surface area contributed by atoms with Gasteiger partial charge in [0.25, 0.3) is 0 Å². The molecule has 46 heavy (non-hydrogen) atoms. The van der Waals surface area contributed by atoms with Crippen molar-refractivity contribution in [2.75, 3.05) is 0 Å². The number of aromatic nitrogens is 2. The number of furan rings is 2. The molecule has 7 aromatic carbocycles. The van der Waals surface area contributed by atoms with Crippen LogP contribution in [0.5, 0.6) is 0 Å². The fourth-order valence-corrected chi connectivity index (χ4v) is 7.17. The highest BCUT2D eigenvalue weighted by atomic mass is 16.3. The van der Waals surface area contributed by atoms with Gasteiger partial charge in [0.1, 0.15) is 28.2 Å². The summed E-state index contributed by atoms with van der Waals surface area (Å²) in [7, 11) is 0. The van der Waals surface area contributed by atoms with Crippen molar-refractivity contribution in [1.82, 2.24) is 9.55 Å². The summed E-state index contributed by atoms with van der Waals surface area (Å²) in [6, 6.07) is 49.1. The normalized spacial score (nSPS) is 12.0. The van der Waals surface area contributed by atoms with E-state index in [-0.39, 0.29) is 0 Å². The van der Waals surface area contributed by atoms with E-state index in [1.165, 1.54) is 21.9 Å². The van der Waals surface area contributed by atoms with Gasteiger partial charge in [-0.2, -0.15) is 0 Å². The molecule has 0 unspecified atom stereocenters. The molecule has 4 heteroatoms. The summed E-state index contributed by atoms with van der Waals surface area (Å²) in [6.07, 6.45) is 0. The average Bonchev–Trinajstić information content (AvgIpc) is 3.78. The van der Waals surface area contributed by atoms with E-state index in [1.807, 2.05) is 30.3 Å². The second-order valence-corrected chi connectivity index (χ2v) is 12.0. The zero-order valence-electron chi connectivity index (χ0n) is 25.0. The van der Waals surface area contributed by atoms with Gasteiger partial charge in [0.15, 0.2) is 0 Å². The molecule has 0 N–H and O–H groups in total. The smallest absolute Gasteiger partial charge is 0.147 e. The Balaban J connectivity index is 1.12. The molecule has 216 valence electrons. The SMILES string of the molecule is Cc1nc2ccccc2n1-c1cccc(-c2ccc3cc(-c4cc5c6ccccc6oc5c5c4oc4ccccc45)ccc3c2)c1. The van der Waals surface area contributed by atoms with Gasteiger partial charge in [0.2, 0.25) is 0 Å². The minimum absolute atomic E-state index is 0.850. The number of fused-ring (bicyclic) bond motifs is 9. The first kappa shape index (κ1) is 25.2. The third-order valence-corrected chi connectivity index (χ3v) is 9.31. The van der Waals surface area contributed by atoms with Crippen LogP contribution in [0.3, 0.4) is 0 Å². The second kappa shape index (κ2) is 9.43. The number of hydrogen-bond acceptors (Lipinski definition) is 3. The fourth-order valence-electron chi connectivity index (χ4n) is 7.17. The van der Waals surface area contributed by atoms with E-state index in [4.69, 9.17) is 13.8 Å². The highest BCUT2D eigenvalue weighted by Gasteiger charge is 2.20. The lowest BCUT2D eigenvalue weighted by molar-refractivity contribution is 0.663. The standard InChI is InChI=1S/C42H26N2O2/c1-25-43-36-13-4-5-14-37(36)44(25)31-10-8-9-26(23-31)27-17-18-29-22-30(20-19-28(29)21-27)34-24-35-32-11-2-6-15-38(32)45-42(35)40-33-12-3-7-16-39(33)46-41(34)40/h2-24H,1H3. The van der Waals surface area contributed by atoms with Gasteiger partial charge < -0.3 is 8.83 Å². The molecule has 0 spiro atoms. The van der Waals surface area contributed by atoms with Gasteiger partial charge in [-0.25, -0.2) is 4.98 Å². The molecule has 10 rings (SSSR count). The minimum atomic E-state index is 0.850. The number of imidazole rings is 1. The first-order valence-electron chi connectivity index (χ1n) is 15.5. The van der Waals surface area contributed by atoms with Crippen molar-refractivity contribution < 1.29 is 8.83 Å². The number of rotatable bonds is 3. The van der Waals surface area contributed by atoms with E-state index < -0.39 is 0 Å². The first-order chi connectivity index (χ1) is 22.7. The summed E-state index contributed by atoms with van der Waals surface area (Å²) >= 11 is 0. The predicted octanol–water partition coefficient (Wildman–Crippen LogP) is 11.6. The summed E-state index contributed by atoms with van der Waals surface area (Å²) in [4.78, 5) is 4.78. The van der Waals surface area contributed by atoms with Crippen molar-refractivity contribution in [1.29, 1.82) is 0 Å². The summed E-state index contributed by atoms with van der Waals surface area (Å²) in [5.74, 6) is 0.976. The largest absolute Gasteiger partial charge is 0.455 e. The van der Waals surface area contributed by atoms with Gasteiger partial charge in [-0.3, -0.25) is 4.57 Å². The van der Waals surface area contributed by atoms with Crippen molar-refractivity contribution in [3.8, 4) is 27.9 Å². The molecule has 0 amide bonds. The number of hydrogen-bond donors (Lipinski definition) is 0. The highest BCUT2D eigenvalue weighted by Crippen LogP contribution is 2.44. The molecule has 4 nitrogen and oxygen atoms in total. The maximum atomic E-state index is 6.54. The van der Waals surface area contributed by atoms with Crippen LogP contribution in [-0.2, 0) is 0 Å². The Labute approximate surface area is 263 Å². The van der Waals surface area contributed by atoms with Crippen LogP contribution in [0.25, 0.3) is 93.6 Å². The van der Waals surface area contributed by atoms with Crippen molar-refractivity contribution in [2.24, 2.45) is 0 Å². The maximum Gasteiger partial charge on any atom is 0.147 e. The van der Waals surface area contributed by atoms with Crippen molar-refractivity contribution in [2.45, 2.75) is 6.92 Å². The topological polar surface area (TPSA) is 44.1 Å². The third-order valence-electron chi connectivity index (χ3n) is 9.31. The molecule has 0 saturated carbocycles. The fraction of sp³-hybridized carbons (Fsp3) is 0.0238. The second-order valence-electron chi connectivity index (χ2n) is 12.0. The van der Waals surface area contributed by atoms with E-state index in [0.717, 1.165) is 77.5 Å². The molecule has 0 atom stereocenters. The third kappa shape index (κ3) is 3.64. The van der Waals surface area contributed by atoms with Crippen LogP contribution in [-0.4, -0.2) is 9.55 Å². The van der Waals surface area contributed by atoms with Crippen LogP contribution in [0.4, 0.5) is 0 Å². The molecule has 3 aromatic heterocycles. The number of aryl methyl sites for hydroxylation is 1. The number of benzene rings is 7. The lowest BCUT2D eigenvalue weighted by Crippen LogP contribution is -1.97. The van der Waals surface area contributed by atoms with Crippen LogP contribution >= 0.6 is 0 Å². The van der Waals surface area contributed by atoms with Crippen LogP contribution in [0.15, 0.2) is 148 Å². The number of para-hydroxylation sites is 4. The Morgan fingerprint density at radius 1 is 0.522 bits per heavy atom. The van der Waals surface area contributed by atoms with E-state index >= 15 is 0 Å². The zero-order valence-corrected chi connectivity index (χ0v) is 25.0. The summed E-state index contributed by atoms with van der Waals surface area (Å²) in [6.45, 7) is 2.06. The predicted molar refractivity (Wildman–Crippen MR) is 189 cm³/mol. The van der Waals surface area contributed by atoms with E-state index in [9.17, 15) is 0 Å². The van der Waals surface area contributed by atoms with Crippen molar-refractivity contribution >= 4 is 65.7 Å². The first-order valence-corrected chi connectivity index (χ1v) is 15.5. The van der Waals surface area contributed by atoms with Gasteiger partial charge in [-0.15, -0.1) is 0 Å². The van der Waals surface area contributed by atoms with Gasteiger partial charge in [-0.1, -0.05) is 84.9 Å². The highest BCUT2D eigenvalue weighted by molar-refractivity contribution is 6.25. The lowest BCUT2D eigenvalue weighted by Gasteiger charge is -2.11. The van der Waals surface area contributed by atoms with Crippen LogP contribution < -0.4 is 0 Å². The zero-order chi connectivity index (χ0) is 30.4. The summed E-state index contributed by atoms with van der Waals surface area (Å²) in [5.41, 5.74) is 11.2. The van der Waals surface area contributed by atoms with Crippen LogP contribution in [0.2, 0.25) is 0 Å². The van der Waals surface area contributed by atoms with Crippen LogP contribution in [0.1, 0.15) is 5.82 Å². The Morgan fingerprint density at radius 2 is 1.20 bits per heavy atom. The van der Waals surface area contributed by atoms with Gasteiger partial charge >= 0.3 is 0 Å². The summed E-state index contributed by atoms with van der Waals surface area (Å²) < 4.78 is 15.2. The molecular formula is C42H26N2O2. The molecule has 0 saturated heterocycles. The Bertz CT molecular complexity index is 2830. The molecule has 0 radical (unpaired) electrons. The summed E-state index contributed by atoms with van der Waals surface area (Å²) in [5, 5.41) is 6.66. The molecule has 0 bridgehead atoms. The van der Waals surface area contributed by atoms with E-state index in [1.54, 1.807) is 0 Å². The van der Waals surface area contributed by atoms with Gasteiger partial charge in [0.05, 0.1) is 16.4 Å². The quantitative estimate of drug-likeness (QED) is 0.206. The van der Waals surface area contributed by atoms with E-state index in [2.05, 4.69) is 121 Å². The monoisotopic (exact) mass is 590 g/mol. The molecule has 0 aliphatic rings. The maximum absolute atomic E-state index is 6.54. The Hall–Kier alpha value is -6.13. The average molecular weight is 591 g/mol. The molecule has 0 aliphatic carbocycles. The van der Waals surface area contributed by atoms with Gasteiger partial charge in [0, 0.05) is 27.4 Å². The molecule has 0 fully saturated rings. The Morgan fingerprint density at radius 3 is 2.07 bits per heavy atom. The van der Waals surface area contributed by atoms with Gasteiger partial charge in [-0.05, 0) is 89.0 Å². The molecular weight excluding hydrogens is 564 g/mol. The molecule has 0 aliphatic heterocycles.